The van der Waals surface area contributed by atoms with E-state index in [0.717, 1.165) is 64.0 Å². The summed E-state index contributed by atoms with van der Waals surface area (Å²) in [6, 6.07) is 11.0. The van der Waals surface area contributed by atoms with Gasteiger partial charge in [0.1, 0.15) is 11.7 Å². The topological polar surface area (TPSA) is 56.7 Å². The summed E-state index contributed by atoms with van der Waals surface area (Å²) in [5, 5.41) is 4.13. The molecule has 7 heteroatoms. The average Bonchev–Trinajstić information content (AvgIpc) is 3.20. The summed E-state index contributed by atoms with van der Waals surface area (Å²) in [6.07, 6.45) is 6.76. The molecule has 0 aliphatic carbocycles. The number of benzene rings is 2. The molecule has 2 saturated heterocycles. The fourth-order valence-electron chi connectivity index (χ4n) is 5.09. The van der Waals surface area contributed by atoms with E-state index in [2.05, 4.69) is 43.3 Å². The van der Waals surface area contributed by atoms with Crippen molar-refractivity contribution in [1.29, 1.82) is 0 Å². The van der Waals surface area contributed by atoms with Crippen LogP contribution in [0.25, 0.3) is 22.2 Å². The number of halogens is 1. The first-order valence-electron chi connectivity index (χ1n) is 11.5. The molecule has 3 aliphatic rings. The maximum Gasteiger partial charge on any atom is 0.147 e. The van der Waals surface area contributed by atoms with Gasteiger partial charge in [-0.05, 0) is 61.3 Å². The Morgan fingerprint density at radius 1 is 1.06 bits per heavy atom. The number of hydrogen-bond donors (Lipinski definition) is 1. The van der Waals surface area contributed by atoms with E-state index in [1.54, 1.807) is 0 Å². The molecule has 2 fully saturated rings. The van der Waals surface area contributed by atoms with Crippen LogP contribution in [0.3, 0.4) is 0 Å². The standard InChI is InChI=1S/C25H27ClN6/c1-27-24-11-17-9-20(26)19(12-22(17)29-24)16-5-6-21-23(10-16)30-25(13-28-21)32-14-18(15-32)31-7-3-2-4-8-31/h5-6,9-10,12-13,18H,2-4,7-8,11,14-15H2,1H3,(H,27,29). The summed E-state index contributed by atoms with van der Waals surface area (Å²) in [5.41, 5.74) is 6.12. The molecule has 2 aromatic carbocycles. The van der Waals surface area contributed by atoms with E-state index >= 15 is 0 Å². The van der Waals surface area contributed by atoms with Gasteiger partial charge in [0.25, 0.3) is 0 Å². The molecule has 0 radical (unpaired) electrons. The Hall–Kier alpha value is -2.70. The Morgan fingerprint density at radius 3 is 2.72 bits per heavy atom. The van der Waals surface area contributed by atoms with Crippen LogP contribution >= 0.6 is 11.6 Å². The minimum atomic E-state index is 0.661. The van der Waals surface area contributed by atoms with Gasteiger partial charge < -0.3 is 10.2 Å². The number of likely N-dealkylation sites (tertiary alicyclic amines) is 1. The van der Waals surface area contributed by atoms with E-state index in [1.165, 1.54) is 37.9 Å². The summed E-state index contributed by atoms with van der Waals surface area (Å²) < 4.78 is 0. The molecule has 6 rings (SSSR count). The SMILES string of the molecule is CN=C1Cc2cc(Cl)c(-c3ccc4ncc(N5CC(N6CCCCC6)C5)nc4c3)cc2N1. The molecule has 1 aromatic heterocycles. The molecule has 0 bridgehead atoms. The van der Waals surface area contributed by atoms with Crippen LogP contribution in [0.1, 0.15) is 24.8 Å². The van der Waals surface area contributed by atoms with Crippen molar-refractivity contribution in [1.82, 2.24) is 14.9 Å². The molecule has 3 aliphatic heterocycles. The summed E-state index contributed by atoms with van der Waals surface area (Å²) in [6.45, 7) is 4.58. The summed E-state index contributed by atoms with van der Waals surface area (Å²) in [7, 11) is 1.81. The van der Waals surface area contributed by atoms with Crippen LogP contribution < -0.4 is 10.2 Å². The van der Waals surface area contributed by atoms with Gasteiger partial charge in [0.05, 0.1) is 17.2 Å². The van der Waals surface area contributed by atoms with Gasteiger partial charge in [-0.3, -0.25) is 14.9 Å². The van der Waals surface area contributed by atoms with Gasteiger partial charge in [0, 0.05) is 48.9 Å². The lowest BCUT2D eigenvalue weighted by Crippen LogP contribution is -2.60. The number of anilines is 2. The minimum Gasteiger partial charge on any atom is -0.352 e. The van der Waals surface area contributed by atoms with Crippen LogP contribution in [0.15, 0.2) is 41.5 Å². The first-order chi connectivity index (χ1) is 15.7. The van der Waals surface area contributed by atoms with E-state index in [9.17, 15) is 0 Å². The van der Waals surface area contributed by atoms with Crippen molar-refractivity contribution in [3.05, 3.63) is 47.1 Å². The first kappa shape index (κ1) is 19.9. The van der Waals surface area contributed by atoms with Crippen molar-refractivity contribution >= 4 is 40.0 Å². The number of nitrogens with one attached hydrogen (secondary N) is 1. The summed E-state index contributed by atoms with van der Waals surface area (Å²) >= 11 is 6.67. The zero-order chi connectivity index (χ0) is 21.7. The lowest BCUT2D eigenvalue weighted by atomic mass is 10.0. The highest BCUT2D eigenvalue weighted by Crippen LogP contribution is 2.37. The van der Waals surface area contributed by atoms with E-state index in [0.29, 0.717) is 6.04 Å². The Kier molecular flexibility index (Phi) is 5.00. The molecule has 0 saturated carbocycles. The fourth-order valence-corrected chi connectivity index (χ4v) is 5.39. The van der Waals surface area contributed by atoms with Crippen molar-refractivity contribution in [2.75, 3.05) is 43.4 Å². The molecule has 4 heterocycles. The van der Waals surface area contributed by atoms with Gasteiger partial charge in [-0.25, -0.2) is 4.98 Å². The van der Waals surface area contributed by atoms with Crippen LogP contribution in [0.2, 0.25) is 5.02 Å². The molecule has 6 nitrogen and oxygen atoms in total. The molecule has 32 heavy (non-hydrogen) atoms. The minimum absolute atomic E-state index is 0.661. The fraction of sp³-hybridized carbons (Fsp3) is 0.400. The Labute approximate surface area is 193 Å². The molecule has 1 N–H and O–H groups in total. The Morgan fingerprint density at radius 2 is 1.91 bits per heavy atom. The van der Waals surface area contributed by atoms with E-state index in [4.69, 9.17) is 16.6 Å². The normalized spacial score (nSPS) is 20.4. The third-order valence-electron chi connectivity index (χ3n) is 7.03. The molecule has 164 valence electrons. The summed E-state index contributed by atoms with van der Waals surface area (Å²) in [5.74, 6) is 1.94. The smallest absolute Gasteiger partial charge is 0.147 e. The highest BCUT2D eigenvalue weighted by Gasteiger charge is 2.33. The quantitative estimate of drug-likeness (QED) is 0.636. The number of nitrogens with zero attached hydrogens (tertiary/aromatic N) is 5. The Bertz CT molecular complexity index is 1210. The maximum absolute atomic E-state index is 6.67. The van der Waals surface area contributed by atoms with E-state index < -0.39 is 0 Å². The second-order valence-corrected chi connectivity index (χ2v) is 9.46. The number of rotatable bonds is 3. The Balaban J connectivity index is 1.26. The highest BCUT2D eigenvalue weighted by molar-refractivity contribution is 6.33. The maximum atomic E-state index is 6.67. The predicted molar refractivity (Wildman–Crippen MR) is 132 cm³/mol. The van der Waals surface area contributed by atoms with E-state index in [-0.39, 0.29) is 0 Å². The van der Waals surface area contributed by atoms with Crippen LogP contribution in [0, 0.1) is 0 Å². The van der Waals surface area contributed by atoms with Crippen LogP contribution in [-0.4, -0.2) is 60.0 Å². The summed E-state index contributed by atoms with van der Waals surface area (Å²) in [4.78, 5) is 18.9. The van der Waals surface area contributed by atoms with Gasteiger partial charge in [0.15, 0.2) is 0 Å². The zero-order valence-electron chi connectivity index (χ0n) is 18.3. The highest BCUT2D eigenvalue weighted by atomic mass is 35.5. The number of piperidine rings is 1. The van der Waals surface area contributed by atoms with Crippen molar-refractivity contribution in [3.63, 3.8) is 0 Å². The second-order valence-electron chi connectivity index (χ2n) is 9.05. The van der Waals surface area contributed by atoms with Crippen molar-refractivity contribution < 1.29 is 0 Å². The monoisotopic (exact) mass is 446 g/mol. The van der Waals surface area contributed by atoms with Gasteiger partial charge >= 0.3 is 0 Å². The molecular formula is C25H27ClN6. The van der Waals surface area contributed by atoms with Crippen molar-refractivity contribution in [3.8, 4) is 11.1 Å². The molecule has 0 atom stereocenters. The molecule has 0 spiro atoms. The molecular weight excluding hydrogens is 420 g/mol. The third-order valence-corrected chi connectivity index (χ3v) is 7.35. The predicted octanol–water partition coefficient (Wildman–Crippen LogP) is 4.62. The number of aromatic nitrogens is 2. The first-order valence-corrected chi connectivity index (χ1v) is 11.9. The number of fused-ring (bicyclic) bond motifs is 2. The van der Waals surface area contributed by atoms with Crippen LogP contribution in [0.4, 0.5) is 11.5 Å². The van der Waals surface area contributed by atoms with E-state index in [1.807, 2.05) is 25.4 Å². The van der Waals surface area contributed by atoms with Crippen molar-refractivity contribution in [2.24, 2.45) is 4.99 Å². The number of aliphatic imine (C=N–C) groups is 1. The largest absolute Gasteiger partial charge is 0.352 e. The second kappa shape index (κ2) is 8.01. The lowest BCUT2D eigenvalue weighted by molar-refractivity contribution is 0.138. The molecule has 3 aromatic rings. The average molecular weight is 447 g/mol. The van der Waals surface area contributed by atoms with Gasteiger partial charge in [0.2, 0.25) is 0 Å². The number of amidine groups is 1. The third kappa shape index (κ3) is 3.51. The number of hydrogen-bond acceptors (Lipinski definition) is 5. The molecule has 0 unspecified atom stereocenters. The van der Waals surface area contributed by atoms with Crippen molar-refractivity contribution in [2.45, 2.75) is 31.7 Å². The van der Waals surface area contributed by atoms with Gasteiger partial charge in [-0.2, -0.15) is 0 Å². The van der Waals surface area contributed by atoms with Gasteiger partial charge in [-0.1, -0.05) is 24.1 Å². The molecule has 0 amide bonds. The zero-order valence-corrected chi connectivity index (χ0v) is 19.1. The van der Waals surface area contributed by atoms with Crippen LogP contribution in [0.5, 0.6) is 0 Å². The van der Waals surface area contributed by atoms with Gasteiger partial charge in [-0.15, -0.1) is 0 Å². The van der Waals surface area contributed by atoms with Crippen LogP contribution in [-0.2, 0) is 6.42 Å². The lowest BCUT2D eigenvalue weighted by Gasteiger charge is -2.47.